The number of benzene rings is 1. The summed E-state index contributed by atoms with van der Waals surface area (Å²) in [6.07, 6.45) is -0.0734. The minimum absolute atomic E-state index is 0. The summed E-state index contributed by atoms with van der Waals surface area (Å²) < 4.78 is 0. The molecule has 68 valence electrons. The van der Waals surface area contributed by atoms with E-state index in [1.165, 1.54) is 6.07 Å². The van der Waals surface area contributed by atoms with Crippen LogP contribution in [0.1, 0.15) is 5.56 Å². The molecule has 0 saturated carbocycles. The normalized spacial score (nSPS) is 9.08. The van der Waals surface area contributed by atoms with Gasteiger partial charge in [0.05, 0.1) is 6.42 Å². The fourth-order valence-electron chi connectivity index (χ4n) is 0.828. The molecule has 1 aromatic rings. The van der Waals surface area contributed by atoms with Gasteiger partial charge in [0, 0.05) is 31.8 Å². The maximum atomic E-state index is 10.3. The van der Waals surface area contributed by atoms with E-state index in [0.717, 1.165) is 0 Å². The summed E-state index contributed by atoms with van der Waals surface area (Å²) >= 11 is 11.3. The monoisotopic (exact) mass is 252 g/mol. The zero-order valence-corrected chi connectivity index (χ0v) is 9.62. The second-order valence-electron chi connectivity index (χ2n) is 2.31. The van der Waals surface area contributed by atoms with Crippen molar-refractivity contribution in [1.82, 2.24) is 0 Å². The van der Waals surface area contributed by atoms with Crippen LogP contribution in [0.4, 0.5) is 0 Å². The van der Waals surface area contributed by atoms with Crippen LogP contribution < -0.4 is 0 Å². The van der Waals surface area contributed by atoms with Crippen molar-refractivity contribution in [1.29, 1.82) is 0 Å². The standard InChI is InChI=1S/C8H6Cl2O2.Ti/c9-6-2-1-5(3-8(11)12)7(10)4-6;/h1-2,4H,3H2,(H,11,12);. The molecular formula is C8H6Cl2O2Ti. The molecule has 0 spiro atoms. The number of aliphatic carboxylic acids is 1. The van der Waals surface area contributed by atoms with E-state index in [1.807, 2.05) is 0 Å². The number of carboxylic acid groups (broad SMARTS) is 1. The first-order valence-electron chi connectivity index (χ1n) is 3.25. The van der Waals surface area contributed by atoms with Gasteiger partial charge in [-0.1, -0.05) is 29.3 Å². The zero-order chi connectivity index (χ0) is 9.14. The molecule has 5 heteroatoms. The fraction of sp³-hybridized carbons (Fsp3) is 0.125. The van der Waals surface area contributed by atoms with Crippen molar-refractivity contribution >= 4 is 29.2 Å². The maximum Gasteiger partial charge on any atom is 0.307 e. The minimum Gasteiger partial charge on any atom is -0.481 e. The first kappa shape index (κ1) is 13.0. The van der Waals surface area contributed by atoms with Crippen molar-refractivity contribution in [3.05, 3.63) is 33.8 Å². The molecule has 0 radical (unpaired) electrons. The topological polar surface area (TPSA) is 37.3 Å². The molecule has 2 nitrogen and oxygen atoms in total. The van der Waals surface area contributed by atoms with Crippen LogP contribution in [-0.4, -0.2) is 11.1 Å². The van der Waals surface area contributed by atoms with Gasteiger partial charge in [-0.25, -0.2) is 0 Å². The molecule has 0 amide bonds. The van der Waals surface area contributed by atoms with Gasteiger partial charge in [0.15, 0.2) is 0 Å². The molecular weight excluding hydrogens is 247 g/mol. The van der Waals surface area contributed by atoms with Crippen LogP contribution >= 0.6 is 23.2 Å². The Morgan fingerprint density at radius 1 is 1.38 bits per heavy atom. The molecule has 0 aliphatic rings. The van der Waals surface area contributed by atoms with E-state index >= 15 is 0 Å². The van der Waals surface area contributed by atoms with E-state index in [1.54, 1.807) is 12.1 Å². The van der Waals surface area contributed by atoms with Gasteiger partial charge in [-0.3, -0.25) is 4.79 Å². The fourth-order valence-corrected chi connectivity index (χ4v) is 1.30. The third kappa shape index (κ3) is 4.14. The quantitative estimate of drug-likeness (QED) is 0.822. The van der Waals surface area contributed by atoms with Crippen LogP contribution in [0.3, 0.4) is 0 Å². The maximum absolute atomic E-state index is 10.3. The predicted molar refractivity (Wildman–Crippen MR) is 47.8 cm³/mol. The van der Waals surface area contributed by atoms with Crippen molar-refractivity contribution in [2.75, 3.05) is 0 Å². The van der Waals surface area contributed by atoms with Gasteiger partial charge in [0.25, 0.3) is 0 Å². The van der Waals surface area contributed by atoms with E-state index in [0.29, 0.717) is 15.6 Å². The average Bonchev–Trinajstić information content (AvgIpc) is 1.94. The summed E-state index contributed by atoms with van der Waals surface area (Å²) in [5.41, 5.74) is 0.577. The SMILES string of the molecule is O=C(O)Cc1ccc(Cl)cc1Cl.[Ti]. The van der Waals surface area contributed by atoms with Crippen molar-refractivity contribution in [2.45, 2.75) is 6.42 Å². The summed E-state index contributed by atoms with van der Waals surface area (Å²) in [5.74, 6) is -0.903. The molecule has 0 fully saturated rings. The third-order valence-corrected chi connectivity index (χ3v) is 1.94. The first-order valence-corrected chi connectivity index (χ1v) is 4.01. The molecule has 0 atom stereocenters. The predicted octanol–water partition coefficient (Wildman–Crippen LogP) is 2.62. The minimum atomic E-state index is -0.903. The summed E-state index contributed by atoms with van der Waals surface area (Å²) in [5, 5.41) is 9.37. The summed E-state index contributed by atoms with van der Waals surface area (Å²) in [6.45, 7) is 0. The van der Waals surface area contributed by atoms with Gasteiger partial charge in [-0.05, 0) is 17.7 Å². The van der Waals surface area contributed by atoms with Gasteiger partial charge in [0.1, 0.15) is 0 Å². The molecule has 1 aromatic carbocycles. The smallest absolute Gasteiger partial charge is 0.307 e. The Morgan fingerprint density at radius 3 is 2.46 bits per heavy atom. The van der Waals surface area contributed by atoms with Crippen molar-refractivity contribution in [3.63, 3.8) is 0 Å². The summed E-state index contributed by atoms with van der Waals surface area (Å²) in [4.78, 5) is 10.3. The van der Waals surface area contributed by atoms with Crippen LogP contribution in [0.2, 0.25) is 10.0 Å². The Hall–Kier alpha value is -0.0157. The molecule has 1 rings (SSSR count). The molecule has 0 aliphatic carbocycles. The third-order valence-electron chi connectivity index (χ3n) is 1.36. The van der Waals surface area contributed by atoms with Crippen molar-refractivity contribution < 1.29 is 31.6 Å². The molecule has 0 heterocycles. The Labute approximate surface area is 101 Å². The first-order chi connectivity index (χ1) is 5.59. The number of hydrogen-bond acceptors (Lipinski definition) is 1. The van der Waals surface area contributed by atoms with Gasteiger partial charge in [0.2, 0.25) is 0 Å². The molecule has 0 aliphatic heterocycles. The van der Waals surface area contributed by atoms with E-state index in [9.17, 15) is 4.79 Å². The van der Waals surface area contributed by atoms with E-state index in [2.05, 4.69) is 0 Å². The Morgan fingerprint density at radius 2 is 2.00 bits per heavy atom. The van der Waals surface area contributed by atoms with Crippen LogP contribution in [0.15, 0.2) is 18.2 Å². The van der Waals surface area contributed by atoms with Gasteiger partial charge >= 0.3 is 5.97 Å². The molecule has 0 unspecified atom stereocenters. The number of hydrogen-bond donors (Lipinski definition) is 1. The van der Waals surface area contributed by atoms with E-state index in [-0.39, 0.29) is 28.1 Å². The van der Waals surface area contributed by atoms with Crippen LogP contribution in [-0.2, 0) is 32.9 Å². The number of rotatable bonds is 2. The van der Waals surface area contributed by atoms with Crippen molar-refractivity contribution in [2.24, 2.45) is 0 Å². The number of carbonyl (C=O) groups is 1. The second-order valence-corrected chi connectivity index (χ2v) is 3.15. The summed E-state index contributed by atoms with van der Waals surface area (Å²) in [7, 11) is 0. The Bertz CT molecular complexity index is 315. The van der Waals surface area contributed by atoms with Crippen LogP contribution in [0.5, 0.6) is 0 Å². The molecule has 0 aromatic heterocycles. The molecule has 0 bridgehead atoms. The van der Waals surface area contributed by atoms with Gasteiger partial charge < -0.3 is 5.11 Å². The van der Waals surface area contributed by atoms with Crippen LogP contribution in [0.25, 0.3) is 0 Å². The van der Waals surface area contributed by atoms with E-state index in [4.69, 9.17) is 28.3 Å². The Balaban J connectivity index is 0.00000144. The number of halogens is 2. The summed E-state index contributed by atoms with van der Waals surface area (Å²) in [6, 6.07) is 4.76. The molecule has 13 heavy (non-hydrogen) atoms. The van der Waals surface area contributed by atoms with E-state index < -0.39 is 5.97 Å². The largest absolute Gasteiger partial charge is 0.481 e. The zero-order valence-electron chi connectivity index (χ0n) is 6.55. The van der Waals surface area contributed by atoms with Crippen molar-refractivity contribution in [3.8, 4) is 0 Å². The number of carboxylic acids is 1. The average molecular weight is 253 g/mol. The molecule has 0 saturated heterocycles. The van der Waals surface area contributed by atoms with Gasteiger partial charge in [-0.2, -0.15) is 0 Å². The van der Waals surface area contributed by atoms with Crippen LogP contribution in [0, 0.1) is 0 Å². The molecule has 1 N–H and O–H groups in total. The Kier molecular flexibility index (Phi) is 5.65. The van der Waals surface area contributed by atoms with Gasteiger partial charge in [-0.15, -0.1) is 0 Å². The second kappa shape index (κ2) is 5.66.